The van der Waals surface area contributed by atoms with Crippen molar-refractivity contribution in [2.45, 2.75) is 25.0 Å². The van der Waals surface area contributed by atoms with Gasteiger partial charge in [-0.3, -0.25) is 9.78 Å². The van der Waals surface area contributed by atoms with Crippen LogP contribution in [0.2, 0.25) is 0 Å². The van der Waals surface area contributed by atoms with Crippen LogP contribution in [-0.2, 0) is 4.74 Å². The fourth-order valence-electron chi connectivity index (χ4n) is 3.01. The standard InChI is InChI=1S/C18H23N3O2S/c1-23-16(17-5-3-11-24-17)13-20-15-6-9-21(10-7-15)18(22)14-4-2-8-19-12-14/h2-5,8,11-12,15-16,20H,6-7,9-10,13H2,1H3. The highest BCUT2D eigenvalue weighted by Crippen LogP contribution is 2.22. The molecule has 1 aliphatic heterocycles. The van der Waals surface area contributed by atoms with Crippen molar-refractivity contribution in [3.63, 3.8) is 0 Å². The van der Waals surface area contributed by atoms with E-state index in [0.29, 0.717) is 11.6 Å². The van der Waals surface area contributed by atoms with Crippen LogP contribution in [0.3, 0.4) is 0 Å². The van der Waals surface area contributed by atoms with Gasteiger partial charge < -0.3 is 15.0 Å². The SMILES string of the molecule is COC(CNC1CCN(C(=O)c2cccnc2)CC1)c1cccs1. The monoisotopic (exact) mass is 345 g/mol. The summed E-state index contributed by atoms with van der Waals surface area (Å²) >= 11 is 1.72. The van der Waals surface area contributed by atoms with Gasteiger partial charge >= 0.3 is 0 Å². The number of ether oxygens (including phenoxy) is 1. The lowest BCUT2D eigenvalue weighted by atomic mass is 10.0. The van der Waals surface area contributed by atoms with Crippen LogP contribution in [-0.4, -0.2) is 48.6 Å². The highest BCUT2D eigenvalue weighted by Gasteiger charge is 2.24. The molecule has 2 aromatic rings. The quantitative estimate of drug-likeness (QED) is 0.875. The lowest BCUT2D eigenvalue weighted by molar-refractivity contribution is 0.0684. The predicted molar refractivity (Wildman–Crippen MR) is 95.2 cm³/mol. The molecule has 0 radical (unpaired) electrons. The molecule has 0 aliphatic carbocycles. The van der Waals surface area contributed by atoms with Gasteiger partial charge in [0.05, 0.1) is 5.56 Å². The van der Waals surface area contributed by atoms with Crippen LogP contribution < -0.4 is 5.32 Å². The van der Waals surface area contributed by atoms with E-state index in [1.165, 1.54) is 4.88 Å². The van der Waals surface area contributed by atoms with Crippen molar-refractivity contribution < 1.29 is 9.53 Å². The summed E-state index contributed by atoms with van der Waals surface area (Å²) in [5.74, 6) is 0.0786. The molecule has 0 spiro atoms. The third-order valence-corrected chi connectivity index (χ3v) is 5.39. The zero-order valence-electron chi connectivity index (χ0n) is 13.9. The number of nitrogens with zero attached hydrogens (tertiary/aromatic N) is 2. The van der Waals surface area contributed by atoms with Crippen LogP contribution in [0.15, 0.2) is 42.0 Å². The highest BCUT2D eigenvalue weighted by molar-refractivity contribution is 7.10. The number of nitrogens with one attached hydrogen (secondary N) is 1. The van der Waals surface area contributed by atoms with Gasteiger partial charge in [-0.15, -0.1) is 11.3 Å². The van der Waals surface area contributed by atoms with Gasteiger partial charge in [-0.1, -0.05) is 6.07 Å². The third-order valence-electron chi connectivity index (χ3n) is 4.43. The Hall–Kier alpha value is -1.76. The number of hydrogen-bond donors (Lipinski definition) is 1. The van der Waals surface area contributed by atoms with Gasteiger partial charge in [0.25, 0.3) is 5.91 Å². The first-order valence-corrected chi connectivity index (χ1v) is 9.15. The number of rotatable bonds is 6. The molecule has 1 unspecified atom stereocenters. The fourth-order valence-corrected chi connectivity index (χ4v) is 3.81. The van der Waals surface area contributed by atoms with Crippen LogP contribution in [0.1, 0.15) is 34.2 Å². The molecule has 5 nitrogen and oxygen atoms in total. The van der Waals surface area contributed by atoms with Crippen molar-refractivity contribution in [2.24, 2.45) is 0 Å². The van der Waals surface area contributed by atoms with E-state index in [0.717, 1.165) is 32.5 Å². The molecule has 2 aromatic heterocycles. The van der Waals surface area contributed by atoms with Crippen molar-refractivity contribution in [1.29, 1.82) is 0 Å². The molecule has 3 heterocycles. The summed E-state index contributed by atoms with van der Waals surface area (Å²) in [7, 11) is 1.75. The summed E-state index contributed by atoms with van der Waals surface area (Å²) in [5.41, 5.74) is 0.668. The number of hydrogen-bond acceptors (Lipinski definition) is 5. The Labute approximate surface area is 146 Å². The van der Waals surface area contributed by atoms with Gasteiger partial charge in [0.2, 0.25) is 0 Å². The molecule has 1 aliphatic rings. The Morgan fingerprint density at radius 2 is 2.25 bits per heavy atom. The molecular formula is C18H23N3O2S. The van der Waals surface area contributed by atoms with E-state index in [2.05, 4.69) is 27.8 Å². The number of carbonyl (C=O) groups is 1. The Bertz CT molecular complexity index is 625. The predicted octanol–water partition coefficient (Wildman–Crippen LogP) is 2.73. The zero-order chi connectivity index (χ0) is 16.8. The van der Waals surface area contributed by atoms with Gasteiger partial charge in [-0.25, -0.2) is 0 Å². The first kappa shape index (κ1) is 17.1. The largest absolute Gasteiger partial charge is 0.375 e. The van der Waals surface area contributed by atoms with E-state index in [1.807, 2.05) is 11.0 Å². The summed E-state index contributed by atoms with van der Waals surface area (Å²) < 4.78 is 5.58. The van der Waals surface area contributed by atoms with E-state index >= 15 is 0 Å². The van der Waals surface area contributed by atoms with Crippen LogP contribution >= 0.6 is 11.3 Å². The van der Waals surface area contributed by atoms with Crippen LogP contribution in [0.4, 0.5) is 0 Å². The maximum atomic E-state index is 12.4. The number of thiophene rings is 1. The van der Waals surface area contributed by atoms with Gasteiger partial charge in [-0.2, -0.15) is 0 Å². The number of aromatic nitrogens is 1. The lowest BCUT2D eigenvalue weighted by Gasteiger charge is -2.33. The normalized spacial score (nSPS) is 17.0. The van der Waals surface area contributed by atoms with Crippen LogP contribution in [0.25, 0.3) is 0 Å². The van der Waals surface area contributed by atoms with Crippen LogP contribution in [0.5, 0.6) is 0 Å². The van der Waals surface area contributed by atoms with Crippen molar-refractivity contribution in [2.75, 3.05) is 26.7 Å². The summed E-state index contributed by atoms with van der Waals surface area (Å²) in [6, 6.07) is 8.21. The maximum absolute atomic E-state index is 12.4. The number of carbonyl (C=O) groups excluding carboxylic acids is 1. The molecule has 0 saturated carbocycles. The maximum Gasteiger partial charge on any atom is 0.255 e. The Balaban J connectivity index is 1.46. The molecule has 0 bridgehead atoms. The molecule has 1 saturated heterocycles. The van der Waals surface area contributed by atoms with E-state index in [1.54, 1.807) is 36.9 Å². The Morgan fingerprint density at radius 1 is 1.42 bits per heavy atom. The molecule has 3 rings (SSSR count). The number of amides is 1. The van der Waals surface area contributed by atoms with Gasteiger partial charge in [0, 0.05) is 50.1 Å². The van der Waals surface area contributed by atoms with Crippen molar-refractivity contribution in [3.05, 3.63) is 52.5 Å². The highest BCUT2D eigenvalue weighted by atomic mass is 32.1. The number of pyridine rings is 1. The minimum absolute atomic E-state index is 0.0786. The molecule has 1 atom stereocenters. The minimum Gasteiger partial charge on any atom is -0.375 e. The summed E-state index contributed by atoms with van der Waals surface area (Å²) in [4.78, 5) is 19.6. The smallest absolute Gasteiger partial charge is 0.255 e. The fraction of sp³-hybridized carbons (Fsp3) is 0.444. The number of methoxy groups -OCH3 is 1. The van der Waals surface area contributed by atoms with Gasteiger partial charge in [0.1, 0.15) is 6.10 Å². The van der Waals surface area contributed by atoms with Gasteiger partial charge in [-0.05, 0) is 36.4 Å². The average molecular weight is 345 g/mol. The zero-order valence-corrected chi connectivity index (χ0v) is 14.7. The second-order valence-corrected chi connectivity index (χ2v) is 6.94. The summed E-state index contributed by atoms with van der Waals surface area (Å²) in [6.07, 6.45) is 5.35. The molecule has 0 aromatic carbocycles. The number of piperidine rings is 1. The molecule has 128 valence electrons. The van der Waals surface area contributed by atoms with Crippen LogP contribution in [0, 0.1) is 0 Å². The topological polar surface area (TPSA) is 54.5 Å². The molecular weight excluding hydrogens is 322 g/mol. The lowest BCUT2D eigenvalue weighted by Crippen LogP contribution is -2.45. The van der Waals surface area contributed by atoms with Crippen molar-refractivity contribution in [3.8, 4) is 0 Å². The Kier molecular flexibility index (Phi) is 5.96. The molecule has 1 amide bonds. The van der Waals surface area contributed by atoms with Gasteiger partial charge in [0.15, 0.2) is 0 Å². The third kappa shape index (κ3) is 4.20. The van der Waals surface area contributed by atoms with Crippen molar-refractivity contribution >= 4 is 17.2 Å². The molecule has 1 N–H and O–H groups in total. The molecule has 6 heteroatoms. The van der Waals surface area contributed by atoms with E-state index < -0.39 is 0 Å². The Morgan fingerprint density at radius 3 is 2.88 bits per heavy atom. The van der Waals surface area contributed by atoms with E-state index in [-0.39, 0.29) is 12.0 Å². The molecule has 24 heavy (non-hydrogen) atoms. The average Bonchev–Trinajstić information content (AvgIpc) is 3.17. The molecule has 1 fully saturated rings. The number of likely N-dealkylation sites (tertiary alicyclic amines) is 1. The first-order chi connectivity index (χ1) is 11.8. The first-order valence-electron chi connectivity index (χ1n) is 8.27. The van der Waals surface area contributed by atoms with Crippen molar-refractivity contribution in [1.82, 2.24) is 15.2 Å². The van der Waals surface area contributed by atoms with E-state index in [4.69, 9.17) is 4.74 Å². The summed E-state index contributed by atoms with van der Waals surface area (Å²) in [6.45, 7) is 2.36. The second kappa shape index (κ2) is 8.37. The second-order valence-electron chi connectivity index (χ2n) is 5.96. The minimum atomic E-state index is 0.0786. The van der Waals surface area contributed by atoms with E-state index in [9.17, 15) is 4.79 Å². The summed E-state index contributed by atoms with van der Waals surface area (Å²) in [5, 5.41) is 5.66.